The van der Waals surface area contributed by atoms with E-state index in [9.17, 15) is 19.5 Å². The van der Waals surface area contributed by atoms with Crippen molar-refractivity contribution in [1.82, 2.24) is 4.90 Å². The molecule has 10 heteroatoms. The summed E-state index contributed by atoms with van der Waals surface area (Å²) in [5.74, 6) is -4.40. The highest BCUT2D eigenvalue weighted by Gasteiger charge is 2.40. The summed E-state index contributed by atoms with van der Waals surface area (Å²) in [6.07, 6.45) is -0.273. The van der Waals surface area contributed by atoms with Crippen LogP contribution in [0.5, 0.6) is 0 Å². The molecule has 0 amide bonds. The third-order valence-electron chi connectivity index (χ3n) is 5.81. The molecule has 2 saturated heterocycles. The highest BCUT2D eigenvalue weighted by Crippen LogP contribution is 2.36. The van der Waals surface area contributed by atoms with Crippen molar-refractivity contribution in [2.24, 2.45) is 0 Å². The second-order valence-electron chi connectivity index (χ2n) is 7.79. The number of carbonyl (C=O) groups excluding carboxylic acids is 1. The van der Waals surface area contributed by atoms with Crippen LogP contribution < -0.4 is 0 Å². The average molecular weight is 439 g/mol. The van der Waals surface area contributed by atoms with E-state index < -0.39 is 30.1 Å². The van der Waals surface area contributed by atoms with Crippen LogP contribution in [0.15, 0.2) is 30.3 Å². The molecule has 5 N–H and O–H groups in total. The topological polar surface area (TPSA) is 165 Å². The zero-order chi connectivity index (χ0) is 23.1. The number of aliphatic hydroxyl groups excluding tert-OH is 3. The minimum Gasteiger partial charge on any atom is -0.479 e. The van der Waals surface area contributed by atoms with Gasteiger partial charge in [0.1, 0.15) is 12.0 Å². The second kappa shape index (κ2) is 11.2. The molecule has 10 nitrogen and oxygen atoms in total. The van der Waals surface area contributed by atoms with Crippen molar-refractivity contribution in [2.75, 3.05) is 13.7 Å². The summed E-state index contributed by atoms with van der Waals surface area (Å²) in [4.78, 5) is 34.3. The van der Waals surface area contributed by atoms with E-state index in [2.05, 4.69) is 11.9 Å². The van der Waals surface area contributed by atoms with E-state index in [-0.39, 0.29) is 18.7 Å². The number of hydrogen-bond acceptors (Lipinski definition) is 8. The van der Waals surface area contributed by atoms with Crippen molar-refractivity contribution < 1.29 is 44.7 Å². The zero-order valence-corrected chi connectivity index (χ0v) is 17.2. The van der Waals surface area contributed by atoms with Gasteiger partial charge in [0.25, 0.3) is 0 Å². The number of nitrogens with zero attached hydrogens (tertiary/aromatic N) is 1. The molecule has 0 saturated carbocycles. The Hall–Kier alpha value is -2.53. The molecular formula is C21H29NO9. The number of carboxylic acids is 2. The van der Waals surface area contributed by atoms with Gasteiger partial charge in [-0.25, -0.2) is 9.59 Å². The van der Waals surface area contributed by atoms with Gasteiger partial charge in [-0.1, -0.05) is 30.3 Å². The zero-order valence-electron chi connectivity index (χ0n) is 17.2. The van der Waals surface area contributed by atoms with Crippen LogP contribution in [0.1, 0.15) is 37.2 Å². The predicted octanol–water partition coefficient (Wildman–Crippen LogP) is -0.192. The van der Waals surface area contributed by atoms with Gasteiger partial charge in [-0.15, -0.1) is 0 Å². The van der Waals surface area contributed by atoms with Gasteiger partial charge >= 0.3 is 17.9 Å². The number of fused-ring (bicyclic) bond motifs is 2. The van der Waals surface area contributed by atoms with E-state index in [1.165, 1.54) is 12.8 Å². The lowest BCUT2D eigenvalue weighted by Gasteiger charge is -2.36. The van der Waals surface area contributed by atoms with E-state index in [0.717, 1.165) is 18.4 Å². The average Bonchev–Trinajstić information content (AvgIpc) is 2.94. The van der Waals surface area contributed by atoms with E-state index in [1.54, 1.807) is 0 Å². The predicted molar refractivity (Wildman–Crippen MR) is 107 cm³/mol. The first kappa shape index (κ1) is 24.7. The Kier molecular flexibility index (Phi) is 8.93. The number of carbonyl (C=O) groups is 3. The van der Waals surface area contributed by atoms with E-state index >= 15 is 0 Å². The molecule has 2 heterocycles. The Morgan fingerprint density at radius 3 is 1.90 bits per heavy atom. The Morgan fingerprint density at radius 1 is 1.00 bits per heavy atom. The van der Waals surface area contributed by atoms with E-state index in [1.807, 2.05) is 30.3 Å². The first-order valence-electron chi connectivity index (χ1n) is 10.1. The lowest BCUT2D eigenvalue weighted by Crippen LogP contribution is -2.43. The standard InChI is InChI=1S/C17H23NO3.C4H6O6/c1-18-13-7-8-14(18)10-15(9-13)21-17(20)16(11-19)12-5-3-2-4-6-12;5-1(3(7)8)2(6)4(9)10/h2-6,13-16,19H,7-11H2,1H3;1-2,5-6H,(H,7,8)(H,9,10)/t13-,14+,15?,16?;1-,2-/m.1/s1. The minimum atomic E-state index is -2.27. The summed E-state index contributed by atoms with van der Waals surface area (Å²) >= 11 is 0. The number of aliphatic carboxylic acids is 2. The number of esters is 1. The first-order chi connectivity index (χ1) is 14.6. The molecular weight excluding hydrogens is 410 g/mol. The molecule has 1 aromatic carbocycles. The van der Waals surface area contributed by atoms with Crippen LogP contribution in [0.4, 0.5) is 0 Å². The molecule has 0 aliphatic carbocycles. The summed E-state index contributed by atoms with van der Waals surface area (Å²) in [7, 11) is 2.17. The maximum Gasteiger partial charge on any atom is 0.335 e. The largest absolute Gasteiger partial charge is 0.479 e. The molecule has 0 aromatic heterocycles. The summed E-state index contributed by atoms with van der Waals surface area (Å²) < 4.78 is 5.70. The first-order valence-corrected chi connectivity index (χ1v) is 10.1. The van der Waals surface area contributed by atoms with Crippen LogP contribution in [0.2, 0.25) is 0 Å². The van der Waals surface area contributed by atoms with Gasteiger partial charge in [-0.05, 0) is 38.3 Å². The SMILES string of the molecule is CN1[C@@H]2CC[C@H]1CC(OC(=O)C(CO)c1ccccc1)C2.O=C(O)[C@H](O)[C@@H](O)C(=O)O. The van der Waals surface area contributed by atoms with Crippen molar-refractivity contribution in [1.29, 1.82) is 0 Å². The maximum absolute atomic E-state index is 12.4. The van der Waals surface area contributed by atoms with Crippen molar-refractivity contribution in [3.05, 3.63) is 35.9 Å². The molecule has 1 aromatic rings. The van der Waals surface area contributed by atoms with Crippen molar-refractivity contribution in [3.63, 3.8) is 0 Å². The summed E-state index contributed by atoms with van der Waals surface area (Å²) in [5.41, 5.74) is 0.820. The summed E-state index contributed by atoms with van der Waals surface area (Å²) in [6.45, 7) is -0.206. The lowest BCUT2D eigenvalue weighted by atomic mass is 9.98. The number of aliphatic hydroxyl groups is 3. The third-order valence-corrected chi connectivity index (χ3v) is 5.81. The molecule has 2 aliphatic rings. The van der Waals surface area contributed by atoms with Gasteiger partial charge in [0.15, 0.2) is 12.2 Å². The van der Waals surface area contributed by atoms with E-state index in [4.69, 9.17) is 25.2 Å². The van der Waals surface area contributed by atoms with Gasteiger partial charge in [0, 0.05) is 12.1 Å². The molecule has 3 rings (SSSR count). The molecule has 2 unspecified atom stereocenters. The second-order valence-corrected chi connectivity index (χ2v) is 7.79. The molecule has 0 spiro atoms. The Labute approximate surface area is 179 Å². The maximum atomic E-state index is 12.4. The summed E-state index contributed by atoms with van der Waals surface area (Å²) in [6, 6.07) is 10.5. The Morgan fingerprint density at radius 2 is 1.48 bits per heavy atom. The number of piperidine rings is 1. The highest BCUT2D eigenvalue weighted by atomic mass is 16.5. The Bertz CT molecular complexity index is 724. The molecule has 0 radical (unpaired) electrons. The van der Waals surface area contributed by atoms with Crippen molar-refractivity contribution in [2.45, 2.75) is 62.0 Å². The Balaban J connectivity index is 0.000000291. The van der Waals surface area contributed by atoms with Crippen LogP contribution in [0.25, 0.3) is 0 Å². The van der Waals surface area contributed by atoms with Gasteiger partial charge in [0.2, 0.25) is 0 Å². The van der Waals surface area contributed by atoms with Gasteiger partial charge in [-0.3, -0.25) is 4.79 Å². The number of ether oxygens (including phenoxy) is 1. The molecule has 31 heavy (non-hydrogen) atoms. The highest BCUT2D eigenvalue weighted by molar-refractivity contribution is 5.83. The summed E-state index contributed by atoms with van der Waals surface area (Å²) in [5, 5.41) is 42.1. The van der Waals surface area contributed by atoms with Crippen LogP contribution in [0, 0.1) is 0 Å². The van der Waals surface area contributed by atoms with Crippen LogP contribution >= 0.6 is 0 Å². The normalized spacial score (nSPS) is 25.5. The van der Waals surface area contributed by atoms with Gasteiger partial charge in [-0.2, -0.15) is 0 Å². The third kappa shape index (κ3) is 6.47. The number of carboxylic acid groups (broad SMARTS) is 2. The van der Waals surface area contributed by atoms with Crippen molar-refractivity contribution in [3.8, 4) is 0 Å². The smallest absolute Gasteiger partial charge is 0.335 e. The van der Waals surface area contributed by atoms with E-state index in [0.29, 0.717) is 12.1 Å². The number of benzene rings is 1. The molecule has 172 valence electrons. The minimum absolute atomic E-state index is 0.00367. The van der Waals surface area contributed by atoms with Crippen LogP contribution in [-0.4, -0.2) is 92.4 Å². The number of hydrogen-bond donors (Lipinski definition) is 5. The fourth-order valence-corrected chi connectivity index (χ4v) is 3.98. The van der Waals surface area contributed by atoms with Crippen LogP contribution in [0.3, 0.4) is 0 Å². The molecule has 2 aliphatic heterocycles. The van der Waals surface area contributed by atoms with Gasteiger partial charge in [0.05, 0.1) is 6.61 Å². The molecule has 6 atom stereocenters. The van der Waals surface area contributed by atoms with Crippen molar-refractivity contribution >= 4 is 17.9 Å². The fraction of sp³-hybridized carbons (Fsp3) is 0.571. The van der Waals surface area contributed by atoms with Crippen LogP contribution in [-0.2, 0) is 19.1 Å². The monoisotopic (exact) mass is 439 g/mol. The lowest BCUT2D eigenvalue weighted by molar-refractivity contribution is -0.165. The molecule has 2 bridgehead atoms. The fourth-order valence-electron chi connectivity index (χ4n) is 3.98. The van der Waals surface area contributed by atoms with Gasteiger partial charge < -0.3 is 35.2 Å². The number of rotatable bonds is 7. The molecule has 2 fully saturated rings. The quantitative estimate of drug-likeness (QED) is 0.360.